The van der Waals surface area contributed by atoms with E-state index in [0.717, 1.165) is 12.8 Å². The molecule has 0 aromatic heterocycles. The molecule has 2 heteroatoms. The van der Waals surface area contributed by atoms with Crippen LogP contribution in [-0.4, -0.2) is 5.91 Å². The number of rotatable bonds is 4. The Balaban J connectivity index is 4.22. The van der Waals surface area contributed by atoms with Crippen molar-refractivity contribution in [2.75, 3.05) is 0 Å². The zero-order valence-electron chi connectivity index (χ0n) is 7.98. The van der Waals surface area contributed by atoms with Gasteiger partial charge in [0.05, 0.1) is 0 Å². The topological polar surface area (TPSA) is 43.1 Å². The molecule has 0 rings (SSSR count). The second-order valence-electron chi connectivity index (χ2n) is 3.88. The molecule has 1 unspecified atom stereocenters. The van der Waals surface area contributed by atoms with Gasteiger partial charge in [0.1, 0.15) is 0 Å². The van der Waals surface area contributed by atoms with Gasteiger partial charge in [-0.15, -0.1) is 0 Å². The van der Waals surface area contributed by atoms with Gasteiger partial charge in [-0.25, -0.2) is 0 Å². The highest BCUT2D eigenvalue weighted by Crippen LogP contribution is 2.28. The zero-order valence-corrected chi connectivity index (χ0v) is 7.98. The predicted octanol–water partition coefficient (Wildman–Crippen LogP) is 1.93. The number of hydrogen-bond donors (Lipinski definition) is 1. The minimum Gasteiger partial charge on any atom is -0.369 e. The van der Waals surface area contributed by atoms with E-state index >= 15 is 0 Å². The van der Waals surface area contributed by atoms with Gasteiger partial charge in [0.15, 0.2) is 0 Å². The van der Waals surface area contributed by atoms with E-state index in [9.17, 15) is 4.79 Å². The van der Waals surface area contributed by atoms with Crippen molar-refractivity contribution in [3.63, 3.8) is 0 Å². The molecule has 1 amide bonds. The summed E-state index contributed by atoms with van der Waals surface area (Å²) < 4.78 is 0. The quantitative estimate of drug-likeness (QED) is 0.665. The van der Waals surface area contributed by atoms with Crippen molar-refractivity contribution in [2.45, 2.75) is 40.5 Å². The summed E-state index contributed by atoms with van der Waals surface area (Å²) in [6.07, 6.45) is 1.72. The average Bonchev–Trinajstić information content (AvgIpc) is 1.86. The molecule has 0 aliphatic carbocycles. The number of carbonyl (C=O) groups is 1. The maximum atomic E-state index is 11.0. The summed E-state index contributed by atoms with van der Waals surface area (Å²) >= 11 is 0. The average molecular weight is 157 g/mol. The molecule has 0 radical (unpaired) electrons. The normalized spacial score (nSPS) is 16.5. The standard InChI is InChI=1S/C9H19NO/c1-5-9(4,8(10)11)6-7(2)3/h7H,5-6H2,1-4H3,(H2,10,11). The summed E-state index contributed by atoms with van der Waals surface area (Å²) in [5.74, 6) is 0.362. The molecule has 0 fully saturated rings. The van der Waals surface area contributed by atoms with E-state index in [1.54, 1.807) is 0 Å². The lowest BCUT2D eigenvalue weighted by Gasteiger charge is -2.25. The molecule has 0 aromatic rings. The van der Waals surface area contributed by atoms with Crippen molar-refractivity contribution in [3.8, 4) is 0 Å². The van der Waals surface area contributed by atoms with Crippen molar-refractivity contribution in [1.29, 1.82) is 0 Å². The first-order valence-corrected chi connectivity index (χ1v) is 4.22. The van der Waals surface area contributed by atoms with Crippen molar-refractivity contribution < 1.29 is 4.79 Å². The summed E-state index contributed by atoms with van der Waals surface area (Å²) in [6.45, 7) is 8.16. The fraction of sp³-hybridized carbons (Fsp3) is 0.889. The molecule has 0 aliphatic rings. The van der Waals surface area contributed by atoms with Crippen LogP contribution in [0.3, 0.4) is 0 Å². The lowest BCUT2D eigenvalue weighted by Crippen LogP contribution is -2.34. The largest absolute Gasteiger partial charge is 0.369 e. The number of nitrogens with two attached hydrogens (primary N) is 1. The van der Waals surface area contributed by atoms with Gasteiger partial charge in [0, 0.05) is 5.41 Å². The highest BCUT2D eigenvalue weighted by Gasteiger charge is 2.29. The van der Waals surface area contributed by atoms with Crippen LogP contribution in [0.1, 0.15) is 40.5 Å². The van der Waals surface area contributed by atoms with Gasteiger partial charge in [-0.05, 0) is 18.8 Å². The maximum Gasteiger partial charge on any atom is 0.223 e. The van der Waals surface area contributed by atoms with E-state index in [-0.39, 0.29) is 11.3 Å². The van der Waals surface area contributed by atoms with E-state index in [1.165, 1.54) is 0 Å². The van der Waals surface area contributed by atoms with Crippen LogP contribution in [0, 0.1) is 11.3 Å². The minimum absolute atomic E-state index is 0.172. The van der Waals surface area contributed by atoms with Crippen LogP contribution in [0.2, 0.25) is 0 Å². The molecular weight excluding hydrogens is 138 g/mol. The summed E-state index contributed by atoms with van der Waals surface area (Å²) in [4.78, 5) is 11.0. The Morgan fingerprint density at radius 3 is 2.09 bits per heavy atom. The lowest BCUT2D eigenvalue weighted by molar-refractivity contribution is -0.127. The molecule has 66 valence electrons. The van der Waals surface area contributed by atoms with Gasteiger partial charge in [0.25, 0.3) is 0 Å². The fourth-order valence-corrected chi connectivity index (χ4v) is 1.32. The lowest BCUT2D eigenvalue weighted by atomic mass is 9.79. The highest BCUT2D eigenvalue weighted by molar-refractivity contribution is 5.80. The molecule has 0 heterocycles. The van der Waals surface area contributed by atoms with Crippen molar-refractivity contribution >= 4 is 5.91 Å². The number of carbonyl (C=O) groups excluding carboxylic acids is 1. The van der Waals surface area contributed by atoms with Crippen LogP contribution < -0.4 is 5.73 Å². The monoisotopic (exact) mass is 157 g/mol. The van der Waals surface area contributed by atoms with Gasteiger partial charge in [-0.1, -0.05) is 27.7 Å². The molecule has 0 saturated heterocycles. The second kappa shape index (κ2) is 3.74. The first-order chi connectivity index (χ1) is 4.92. The first-order valence-electron chi connectivity index (χ1n) is 4.22. The van der Waals surface area contributed by atoms with E-state index in [1.807, 2.05) is 13.8 Å². The first kappa shape index (κ1) is 10.5. The van der Waals surface area contributed by atoms with Gasteiger partial charge < -0.3 is 5.73 Å². The van der Waals surface area contributed by atoms with Crippen LogP contribution in [0.5, 0.6) is 0 Å². The number of primary amides is 1. The van der Waals surface area contributed by atoms with E-state index in [4.69, 9.17) is 5.73 Å². The Bertz CT molecular complexity index is 142. The van der Waals surface area contributed by atoms with Crippen LogP contribution in [0.4, 0.5) is 0 Å². The molecule has 2 N–H and O–H groups in total. The smallest absolute Gasteiger partial charge is 0.223 e. The third kappa shape index (κ3) is 2.91. The zero-order chi connectivity index (χ0) is 9.07. The molecule has 0 aliphatic heterocycles. The number of hydrogen-bond acceptors (Lipinski definition) is 1. The van der Waals surface area contributed by atoms with Crippen molar-refractivity contribution in [1.82, 2.24) is 0 Å². The highest BCUT2D eigenvalue weighted by atomic mass is 16.1. The Kier molecular flexibility index (Phi) is 3.56. The fourth-order valence-electron chi connectivity index (χ4n) is 1.32. The predicted molar refractivity (Wildman–Crippen MR) is 47.0 cm³/mol. The van der Waals surface area contributed by atoms with Crippen LogP contribution in [0.25, 0.3) is 0 Å². The summed E-state index contributed by atoms with van der Waals surface area (Å²) in [5.41, 5.74) is 4.99. The summed E-state index contributed by atoms with van der Waals surface area (Å²) in [5, 5.41) is 0. The molecule has 1 atom stereocenters. The van der Waals surface area contributed by atoms with Gasteiger partial charge in [-0.3, -0.25) is 4.79 Å². The Hall–Kier alpha value is -0.530. The van der Waals surface area contributed by atoms with E-state index in [2.05, 4.69) is 13.8 Å². The molecule has 0 aromatic carbocycles. The van der Waals surface area contributed by atoms with Crippen molar-refractivity contribution in [3.05, 3.63) is 0 Å². The van der Waals surface area contributed by atoms with Crippen LogP contribution in [-0.2, 0) is 4.79 Å². The van der Waals surface area contributed by atoms with Gasteiger partial charge in [-0.2, -0.15) is 0 Å². The Labute approximate surface area is 69.2 Å². The molecular formula is C9H19NO. The summed E-state index contributed by atoms with van der Waals surface area (Å²) in [6, 6.07) is 0. The Morgan fingerprint density at radius 2 is 2.00 bits per heavy atom. The number of amides is 1. The second-order valence-corrected chi connectivity index (χ2v) is 3.88. The Morgan fingerprint density at radius 1 is 1.55 bits per heavy atom. The van der Waals surface area contributed by atoms with Gasteiger partial charge >= 0.3 is 0 Å². The maximum absolute atomic E-state index is 11.0. The van der Waals surface area contributed by atoms with Crippen LogP contribution >= 0.6 is 0 Å². The molecule has 0 bridgehead atoms. The van der Waals surface area contributed by atoms with Crippen molar-refractivity contribution in [2.24, 2.45) is 17.1 Å². The van der Waals surface area contributed by atoms with Gasteiger partial charge in [0.2, 0.25) is 5.91 Å². The molecule has 2 nitrogen and oxygen atoms in total. The molecule has 11 heavy (non-hydrogen) atoms. The van der Waals surface area contributed by atoms with E-state index < -0.39 is 0 Å². The third-order valence-corrected chi connectivity index (χ3v) is 2.23. The van der Waals surface area contributed by atoms with Crippen LogP contribution in [0.15, 0.2) is 0 Å². The third-order valence-electron chi connectivity index (χ3n) is 2.23. The minimum atomic E-state index is -0.297. The molecule has 0 saturated carbocycles. The van der Waals surface area contributed by atoms with E-state index in [0.29, 0.717) is 5.92 Å². The SMILES string of the molecule is CCC(C)(CC(C)C)C(N)=O. The molecule has 0 spiro atoms. The summed E-state index contributed by atoms with van der Waals surface area (Å²) in [7, 11) is 0.